The highest BCUT2D eigenvalue weighted by Crippen LogP contribution is 2.21. The van der Waals surface area contributed by atoms with E-state index in [2.05, 4.69) is 22.4 Å². The van der Waals surface area contributed by atoms with Crippen LogP contribution in [-0.2, 0) is 17.9 Å². The fourth-order valence-corrected chi connectivity index (χ4v) is 3.89. The van der Waals surface area contributed by atoms with Gasteiger partial charge in [0, 0.05) is 6.54 Å². The molecule has 0 aliphatic rings. The Hall–Kier alpha value is -3.07. The predicted molar refractivity (Wildman–Crippen MR) is 111 cm³/mol. The van der Waals surface area contributed by atoms with Gasteiger partial charge in [-0.2, -0.15) is 0 Å². The Morgan fingerprint density at radius 1 is 1.21 bits per heavy atom. The molecule has 0 fully saturated rings. The highest BCUT2D eigenvalue weighted by Gasteiger charge is 2.17. The average Bonchev–Trinajstić information content (AvgIpc) is 3.41. The van der Waals surface area contributed by atoms with Gasteiger partial charge >= 0.3 is 0 Å². The van der Waals surface area contributed by atoms with Gasteiger partial charge in [0.15, 0.2) is 5.16 Å². The van der Waals surface area contributed by atoms with Crippen LogP contribution in [0.2, 0.25) is 0 Å². The van der Waals surface area contributed by atoms with E-state index < -0.39 is 0 Å². The van der Waals surface area contributed by atoms with Gasteiger partial charge in [0.05, 0.1) is 29.5 Å². The SMILES string of the molecule is CCCCn1c(=O)c2ccccc2n2c(SCC(=O)NCc3ccco3)nnc12. The number of thioether (sulfide) groups is 1. The van der Waals surface area contributed by atoms with Gasteiger partial charge in [-0.05, 0) is 30.7 Å². The van der Waals surface area contributed by atoms with Crippen molar-refractivity contribution in [2.75, 3.05) is 5.75 Å². The molecule has 4 aromatic rings. The maximum Gasteiger partial charge on any atom is 0.262 e. The van der Waals surface area contributed by atoms with Crippen molar-refractivity contribution >= 4 is 34.3 Å². The Morgan fingerprint density at radius 3 is 2.86 bits per heavy atom. The Balaban J connectivity index is 1.62. The lowest BCUT2D eigenvalue weighted by atomic mass is 10.2. The summed E-state index contributed by atoms with van der Waals surface area (Å²) in [5.41, 5.74) is 0.672. The van der Waals surface area contributed by atoms with Gasteiger partial charge < -0.3 is 9.73 Å². The molecule has 29 heavy (non-hydrogen) atoms. The molecule has 150 valence electrons. The normalized spacial score (nSPS) is 11.3. The van der Waals surface area contributed by atoms with Gasteiger partial charge in [-0.3, -0.25) is 18.6 Å². The number of aromatic nitrogens is 4. The molecule has 0 atom stereocenters. The zero-order chi connectivity index (χ0) is 20.2. The van der Waals surface area contributed by atoms with Gasteiger partial charge in [0.25, 0.3) is 5.56 Å². The van der Waals surface area contributed by atoms with Crippen LogP contribution >= 0.6 is 11.8 Å². The fraction of sp³-hybridized carbons (Fsp3) is 0.300. The molecule has 1 N–H and O–H groups in total. The van der Waals surface area contributed by atoms with Crippen molar-refractivity contribution in [2.45, 2.75) is 38.0 Å². The van der Waals surface area contributed by atoms with Crippen LogP contribution in [0.3, 0.4) is 0 Å². The summed E-state index contributed by atoms with van der Waals surface area (Å²) in [7, 11) is 0. The number of benzene rings is 1. The fourth-order valence-electron chi connectivity index (χ4n) is 3.12. The smallest absolute Gasteiger partial charge is 0.262 e. The molecule has 4 rings (SSSR count). The van der Waals surface area contributed by atoms with Crippen LogP contribution in [-0.4, -0.2) is 30.8 Å². The second-order valence-electron chi connectivity index (χ2n) is 6.59. The van der Waals surface area contributed by atoms with Crippen LogP contribution in [0.4, 0.5) is 0 Å². The second kappa shape index (κ2) is 8.52. The number of furan rings is 1. The number of hydrogen-bond donors (Lipinski definition) is 1. The molecule has 0 unspecified atom stereocenters. The largest absolute Gasteiger partial charge is 0.467 e. The number of amides is 1. The Labute approximate surface area is 170 Å². The van der Waals surface area contributed by atoms with E-state index in [1.54, 1.807) is 23.0 Å². The van der Waals surface area contributed by atoms with Crippen molar-refractivity contribution in [3.05, 3.63) is 58.8 Å². The third-order valence-corrected chi connectivity index (χ3v) is 5.51. The molecule has 8 nitrogen and oxygen atoms in total. The first-order valence-corrected chi connectivity index (χ1v) is 10.5. The quantitative estimate of drug-likeness (QED) is 0.448. The minimum Gasteiger partial charge on any atom is -0.467 e. The van der Waals surface area contributed by atoms with Crippen LogP contribution < -0.4 is 10.9 Å². The highest BCUT2D eigenvalue weighted by atomic mass is 32.2. The summed E-state index contributed by atoms with van der Waals surface area (Å²) in [4.78, 5) is 25.1. The summed E-state index contributed by atoms with van der Waals surface area (Å²) >= 11 is 1.29. The number of nitrogens with zero attached hydrogens (tertiary/aromatic N) is 4. The molecule has 0 saturated carbocycles. The molecule has 3 aromatic heterocycles. The van der Waals surface area contributed by atoms with E-state index in [-0.39, 0.29) is 17.2 Å². The number of hydrogen-bond acceptors (Lipinski definition) is 6. The minimum atomic E-state index is -0.133. The van der Waals surface area contributed by atoms with Gasteiger partial charge in [-0.25, -0.2) is 0 Å². The summed E-state index contributed by atoms with van der Waals surface area (Å²) in [6.07, 6.45) is 3.41. The number of aryl methyl sites for hydroxylation is 1. The molecule has 0 radical (unpaired) electrons. The molecule has 0 saturated heterocycles. The monoisotopic (exact) mass is 411 g/mol. The van der Waals surface area contributed by atoms with Crippen molar-refractivity contribution in [1.82, 2.24) is 24.5 Å². The van der Waals surface area contributed by atoms with Crippen molar-refractivity contribution in [1.29, 1.82) is 0 Å². The van der Waals surface area contributed by atoms with Gasteiger partial charge in [0.1, 0.15) is 5.76 Å². The van der Waals surface area contributed by atoms with E-state index in [0.717, 1.165) is 18.4 Å². The molecule has 0 spiro atoms. The predicted octanol–water partition coefficient (Wildman–Crippen LogP) is 2.85. The number of rotatable bonds is 8. The van der Waals surface area contributed by atoms with Crippen molar-refractivity contribution in [3.8, 4) is 0 Å². The van der Waals surface area contributed by atoms with E-state index in [1.807, 2.05) is 28.7 Å². The zero-order valence-electron chi connectivity index (χ0n) is 16.0. The highest BCUT2D eigenvalue weighted by molar-refractivity contribution is 7.99. The lowest BCUT2D eigenvalue weighted by Crippen LogP contribution is -2.25. The number of nitrogens with one attached hydrogen (secondary N) is 1. The van der Waals surface area contributed by atoms with Crippen LogP contribution in [0.25, 0.3) is 16.7 Å². The third kappa shape index (κ3) is 3.91. The van der Waals surface area contributed by atoms with E-state index in [4.69, 9.17) is 4.42 Å². The summed E-state index contributed by atoms with van der Waals surface area (Å²) in [6, 6.07) is 11.0. The first kappa shape index (κ1) is 19.3. The maximum atomic E-state index is 12.9. The van der Waals surface area contributed by atoms with E-state index >= 15 is 0 Å². The Bertz CT molecular complexity index is 1200. The second-order valence-corrected chi connectivity index (χ2v) is 7.53. The number of carbonyl (C=O) groups is 1. The molecule has 1 amide bonds. The first-order valence-electron chi connectivity index (χ1n) is 9.47. The number of fused-ring (bicyclic) bond motifs is 3. The lowest BCUT2D eigenvalue weighted by molar-refractivity contribution is -0.118. The molecular weight excluding hydrogens is 390 g/mol. The topological polar surface area (TPSA) is 94.4 Å². The van der Waals surface area contributed by atoms with Crippen molar-refractivity contribution in [2.24, 2.45) is 0 Å². The van der Waals surface area contributed by atoms with Crippen LogP contribution in [0.1, 0.15) is 25.5 Å². The molecule has 0 aliphatic carbocycles. The summed E-state index contributed by atoms with van der Waals surface area (Å²) in [6.45, 7) is 3.00. The maximum absolute atomic E-state index is 12.9. The summed E-state index contributed by atoms with van der Waals surface area (Å²) in [5.74, 6) is 1.25. The van der Waals surface area contributed by atoms with Gasteiger partial charge in [-0.1, -0.05) is 37.2 Å². The summed E-state index contributed by atoms with van der Waals surface area (Å²) < 4.78 is 8.74. The average molecular weight is 411 g/mol. The van der Waals surface area contributed by atoms with Crippen LogP contribution in [0.5, 0.6) is 0 Å². The molecule has 9 heteroatoms. The van der Waals surface area contributed by atoms with Gasteiger partial charge in [-0.15, -0.1) is 10.2 Å². The zero-order valence-corrected chi connectivity index (χ0v) is 16.8. The summed E-state index contributed by atoms with van der Waals surface area (Å²) in [5, 5.41) is 12.5. The lowest BCUT2D eigenvalue weighted by Gasteiger charge is -2.10. The van der Waals surface area contributed by atoms with Crippen LogP contribution in [0.15, 0.2) is 57.0 Å². The first-order chi connectivity index (χ1) is 14.2. The van der Waals surface area contributed by atoms with Crippen molar-refractivity contribution < 1.29 is 9.21 Å². The van der Waals surface area contributed by atoms with Crippen molar-refractivity contribution in [3.63, 3.8) is 0 Å². The number of unbranched alkanes of at least 4 members (excludes halogenated alkanes) is 1. The van der Waals surface area contributed by atoms with E-state index in [9.17, 15) is 9.59 Å². The Kier molecular flexibility index (Phi) is 5.66. The molecular formula is C20H21N5O3S. The van der Waals surface area contributed by atoms with Gasteiger partial charge in [0.2, 0.25) is 11.7 Å². The number of para-hydroxylation sites is 1. The molecule has 1 aromatic carbocycles. The number of carbonyl (C=O) groups excluding carboxylic acids is 1. The molecule has 3 heterocycles. The Morgan fingerprint density at radius 2 is 2.07 bits per heavy atom. The van der Waals surface area contributed by atoms with E-state index in [1.165, 1.54) is 11.8 Å². The van der Waals surface area contributed by atoms with Crippen LogP contribution in [0, 0.1) is 0 Å². The minimum absolute atomic E-state index is 0.0679. The third-order valence-electron chi connectivity index (χ3n) is 4.59. The standard InChI is InChI=1S/C20H21N5O3S/c1-2-3-10-24-18(27)15-8-4-5-9-16(15)25-19(24)22-23-20(25)29-13-17(26)21-12-14-7-6-11-28-14/h4-9,11H,2-3,10,12-13H2,1H3,(H,21,26). The molecule has 0 aliphatic heterocycles. The van der Waals surface area contributed by atoms with E-state index in [0.29, 0.717) is 35.2 Å². The molecule has 0 bridgehead atoms.